The molecule has 1 unspecified atom stereocenters. The Morgan fingerprint density at radius 3 is 1.54 bits per heavy atom. The summed E-state index contributed by atoms with van der Waals surface area (Å²) in [7, 11) is 0. The van der Waals surface area contributed by atoms with Gasteiger partial charge in [-0.3, -0.25) is 4.21 Å². The molecule has 3 nitrogen and oxygen atoms in total. The molecular weight excluding hydrogens is 673 g/mol. The van der Waals surface area contributed by atoms with Gasteiger partial charge in [0.05, 0.1) is 0 Å². The van der Waals surface area contributed by atoms with Crippen molar-refractivity contribution in [2.75, 3.05) is 0 Å². The summed E-state index contributed by atoms with van der Waals surface area (Å²) in [4.78, 5) is 0.352. The summed E-state index contributed by atoms with van der Waals surface area (Å²) in [5, 5.41) is 12.5. The van der Waals surface area contributed by atoms with E-state index in [9.17, 15) is 8.76 Å². The maximum Gasteiger partial charge on any atom is 0.120 e. The summed E-state index contributed by atoms with van der Waals surface area (Å²) in [6.45, 7) is 6.11. The lowest BCUT2D eigenvalue weighted by molar-refractivity contribution is 0.131. The Morgan fingerprint density at radius 2 is 1.02 bits per heavy atom. The molecule has 6 heteroatoms. The first-order valence-electron chi connectivity index (χ1n) is 16.4. The van der Waals surface area contributed by atoms with Crippen LogP contribution in [0.2, 0.25) is 0 Å². The molecule has 7 aromatic carbocycles. The van der Waals surface area contributed by atoms with Crippen LogP contribution in [0.25, 0.3) is 63.6 Å². The zero-order chi connectivity index (χ0) is 34.7. The third kappa shape index (κ3) is 7.35. The van der Waals surface area contributed by atoms with Crippen molar-refractivity contribution in [3.63, 3.8) is 0 Å². The smallest absolute Gasteiger partial charge is 0.120 e. The van der Waals surface area contributed by atoms with Gasteiger partial charge in [0, 0.05) is 14.3 Å². The summed E-state index contributed by atoms with van der Waals surface area (Å²) in [5.41, 5.74) is 1.84. The molecular formula is C44H35O3S3-. The molecule has 0 aliphatic rings. The van der Waals surface area contributed by atoms with Gasteiger partial charge in [-0.2, -0.15) is 0 Å². The number of rotatable bonds is 3. The molecule has 2 heterocycles. The van der Waals surface area contributed by atoms with Gasteiger partial charge < -0.3 is 9.29 Å². The van der Waals surface area contributed by atoms with Crippen LogP contribution in [0.3, 0.4) is 0 Å². The first-order chi connectivity index (χ1) is 24.2. The van der Waals surface area contributed by atoms with E-state index in [1.807, 2.05) is 75.4 Å². The highest BCUT2D eigenvalue weighted by Gasteiger charge is 2.16. The number of benzene rings is 7. The molecule has 9 aromatic rings. The minimum atomic E-state index is -2.34. The molecule has 0 radical (unpaired) electrons. The molecule has 0 N–H and O–H groups in total. The highest BCUT2D eigenvalue weighted by molar-refractivity contribution is 7.79. The van der Waals surface area contributed by atoms with Crippen LogP contribution >= 0.6 is 22.7 Å². The van der Waals surface area contributed by atoms with E-state index in [0.717, 1.165) is 49.2 Å². The predicted octanol–water partition coefficient (Wildman–Crippen LogP) is 13.0. The lowest BCUT2D eigenvalue weighted by Crippen LogP contribution is -2.22. The Balaban J connectivity index is 0.000000174. The van der Waals surface area contributed by atoms with E-state index >= 15 is 0 Å². The zero-order valence-corrected chi connectivity index (χ0v) is 30.4. The van der Waals surface area contributed by atoms with Crippen LogP contribution in [0.5, 0.6) is 5.75 Å². The second-order valence-corrected chi connectivity index (χ2v) is 15.7. The molecule has 0 aliphatic carbocycles. The van der Waals surface area contributed by atoms with Crippen LogP contribution < -0.4 is 4.74 Å². The monoisotopic (exact) mass is 707 g/mol. The quantitative estimate of drug-likeness (QED) is 0.136. The number of ether oxygens (including phenoxy) is 1. The first kappa shape index (κ1) is 33.6. The molecule has 1 atom stereocenters. The molecule has 0 spiro atoms. The van der Waals surface area contributed by atoms with Crippen molar-refractivity contribution in [3.8, 4) is 16.9 Å². The number of hydrogen-bond donors (Lipinski definition) is 0. The van der Waals surface area contributed by atoms with E-state index in [1.165, 1.54) is 20.2 Å². The predicted molar refractivity (Wildman–Crippen MR) is 216 cm³/mol. The molecule has 0 saturated carbocycles. The van der Waals surface area contributed by atoms with Crippen LogP contribution in [-0.4, -0.2) is 14.4 Å². The highest BCUT2D eigenvalue weighted by atomic mass is 32.2. The normalized spacial score (nSPS) is 12.0. The number of thiophene rings is 2. The van der Waals surface area contributed by atoms with Gasteiger partial charge in [-0.1, -0.05) is 103 Å². The Morgan fingerprint density at radius 1 is 0.540 bits per heavy atom. The second-order valence-electron chi connectivity index (χ2n) is 12.9. The van der Waals surface area contributed by atoms with Gasteiger partial charge in [-0.05, 0) is 139 Å². The summed E-state index contributed by atoms with van der Waals surface area (Å²) in [6.07, 6.45) is 0. The first-order valence-corrected chi connectivity index (χ1v) is 19.2. The van der Waals surface area contributed by atoms with Gasteiger partial charge in [-0.25, -0.2) is 0 Å². The molecule has 0 aliphatic heterocycles. The van der Waals surface area contributed by atoms with Gasteiger partial charge in [0.2, 0.25) is 0 Å². The van der Waals surface area contributed by atoms with Crippen molar-refractivity contribution in [2.45, 2.75) is 31.3 Å². The van der Waals surface area contributed by atoms with E-state index in [1.54, 1.807) is 22.7 Å². The minimum absolute atomic E-state index is 0.255. The lowest BCUT2D eigenvalue weighted by Gasteiger charge is -2.21. The highest BCUT2D eigenvalue weighted by Crippen LogP contribution is 2.41. The maximum absolute atomic E-state index is 12.2. The van der Waals surface area contributed by atoms with Gasteiger partial charge in [0.1, 0.15) is 11.4 Å². The summed E-state index contributed by atoms with van der Waals surface area (Å²) < 4.78 is 33.1. The fourth-order valence-corrected chi connectivity index (χ4v) is 8.48. The summed E-state index contributed by atoms with van der Waals surface area (Å²) >= 11 is 1.23. The van der Waals surface area contributed by atoms with Crippen molar-refractivity contribution in [1.29, 1.82) is 0 Å². The van der Waals surface area contributed by atoms with Crippen molar-refractivity contribution < 1.29 is 13.5 Å². The fourth-order valence-electron chi connectivity index (χ4n) is 6.19. The van der Waals surface area contributed by atoms with Crippen molar-refractivity contribution in [1.82, 2.24) is 0 Å². The van der Waals surface area contributed by atoms with E-state index in [2.05, 4.69) is 102 Å². The SMILES string of the molecule is CC(C)(C)Oc1ccc2cc(-c3c4ccccc4c(S(=O)[O-])c4ccccc34)ccc2c1.c1ccc2sccc2c1.c1ccc2sccc2c1. The third-order valence-electron chi connectivity index (χ3n) is 8.30. The average molecular weight is 708 g/mol. The maximum atomic E-state index is 12.2. The van der Waals surface area contributed by atoms with E-state index in [4.69, 9.17) is 4.74 Å². The third-order valence-corrected chi connectivity index (χ3v) is 10.9. The molecule has 50 heavy (non-hydrogen) atoms. The van der Waals surface area contributed by atoms with Crippen LogP contribution in [0.4, 0.5) is 0 Å². The van der Waals surface area contributed by atoms with Crippen molar-refractivity contribution >= 4 is 86.2 Å². The second kappa shape index (κ2) is 14.6. The zero-order valence-electron chi connectivity index (χ0n) is 28.0. The molecule has 0 amide bonds. The minimum Gasteiger partial charge on any atom is -0.768 e. The van der Waals surface area contributed by atoms with E-state index < -0.39 is 11.1 Å². The van der Waals surface area contributed by atoms with E-state index in [-0.39, 0.29) is 5.60 Å². The lowest BCUT2D eigenvalue weighted by atomic mass is 9.91. The van der Waals surface area contributed by atoms with Crippen LogP contribution in [0.1, 0.15) is 20.8 Å². The van der Waals surface area contributed by atoms with Gasteiger partial charge >= 0.3 is 0 Å². The van der Waals surface area contributed by atoms with Crippen LogP contribution in [0, 0.1) is 0 Å². The van der Waals surface area contributed by atoms with E-state index in [0.29, 0.717) is 4.90 Å². The summed E-state index contributed by atoms with van der Waals surface area (Å²) in [6, 6.07) is 49.0. The largest absolute Gasteiger partial charge is 0.768 e. The Bertz CT molecular complexity index is 2430. The average Bonchev–Trinajstić information content (AvgIpc) is 3.80. The standard InChI is InChI=1S/C28H24O3S.2C8H6S/c1-28(2,3)31-21-15-14-18-16-20(13-12-19(18)17-21)26-22-8-4-6-10-24(22)27(32(29)30)25-11-7-5-9-23(25)26;2*1-2-4-8-7(3-1)5-6-9-8/h4-17H,1-3H3,(H,29,30);2*1-6H/p-1. The molecule has 0 saturated heterocycles. The molecule has 9 rings (SSSR count). The van der Waals surface area contributed by atoms with Gasteiger partial charge in [0.25, 0.3) is 0 Å². The number of fused-ring (bicyclic) bond motifs is 5. The van der Waals surface area contributed by atoms with Crippen LogP contribution in [0.15, 0.2) is 161 Å². The molecule has 2 aromatic heterocycles. The van der Waals surface area contributed by atoms with Gasteiger partial charge in [-0.15, -0.1) is 22.7 Å². The Hall–Kier alpha value is -4.85. The van der Waals surface area contributed by atoms with Crippen LogP contribution in [-0.2, 0) is 11.1 Å². The Labute approximate surface area is 302 Å². The molecule has 0 fully saturated rings. The van der Waals surface area contributed by atoms with Gasteiger partial charge in [0.15, 0.2) is 0 Å². The molecule has 248 valence electrons. The van der Waals surface area contributed by atoms with Crippen molar-refractivity contribution in [3.05, 3.63) is 156 Å². The topological polar surface area (TPSA) is 49.4 Å². The fraction of sp³-hybridized carbons (Fsp3) is 0.0909. The number of hydrogen-bond acceptors (Lipinski definition) is 5. The summed E-state index contributed by atoms with van der Waals surface area (Å²) in [5.74, 6) is 0.843. The van der Waals surface area contributed by atoms with Crippen molar-refractivity contribution in [2.24, 2.45) is 0 Å². The molecule has 0 bridgehead atoms. The Kier molecular flexibility index (Phi) is 9.79.